The van der Waals surface area contributed by atoms with Crippen LogP contribution >= 0.6 is 0 Å². The first-order valence-corrected chi connectivity index (χ1v) is 6.66. The first-order chi connectivity index (χ1) is 8.69. The second kappa shape index (κ2) is 8.08. The molecular weight excluding hydrogens is 234 g/mol. The molecule has 1 amide bonds. The third kappa shape index (κ3) is 4.64. The summed E-state index contributed by atoms with van der Waals surface area (Å²) >= 11 is 0. The van der Waals surface area contributed by atoms with E-state index in [1.807, 2.05) is 0 Å². The molecule has 1 saturated heterocycles. The summed E-state index contributed by atoms with van der Waals surface area (Å²) in [7, 11) is 1.36. The van der Waals surface area contributed by atoms with E-state index in [1.54, 1.807) is 4.90 Å². The van der Waals surface area contributed by atoms with Crippen LogP contribution in [0.1, 0.15) is 39.0 Å². The molecule has 1 heterocycles. The van der Waals surface area contributed by atoms with Gasteiger partial charge in [0, 0.05) is 19.7 Å². The van der Waals surface area contributed by atoms with Crippen molar-refractivity contribution in [3.8, 4) is 0 Å². The Morgan fingerprint density at radius 2 is 2.17 bits per heavy atom. The monoisotopic (exact) mass is 257 g/mol. The Labute approximate surface area is 108 Å². The first-order valence-electron chi connectivity index (χ1n) is 6.66. The number of ether oxygens (including phenoxy) is 2. The maximum Gasteiger partial charge on any atom is 0.307 e. The second-order valence-electron chi connectivity index (χ2n) is 4.51. The van der Waals surface area contributed by atoms with E-state index in [2.05, 4.69) is 11.7 Å². The summed E-state index contributed by atoms with van der Waals surface area (Å²) in [5, 5.41) is 0. The Hall–Kier alpha value is -1.10. The van der Waals surface area contributed by atoms with Crippen LogP contribution in [0, 0.1) is 0 Å². The Kier molecular flexibility index (Phi) is 6.72. The minimum Gasteiger partial charge on any atom is -0.469 e. The van der Waals surface area contributed by atoms with Crippen LogP contribution in [0.25, 0.3) is 0 Å². The molecule has 1 rings (SSSR count). The molecule has 1 fully saturated rings. The number of hydrogen-bond donors (Lipinski definition) is 0. The van der Waals surface area contributed by atoms with Crippen molar-refractivity contribution in [3.63, 3.8) is 0 Å². The zero-order valence-corrected chi connectivity index (χ0v) is 11.3. The molecule has 1 aliphatic heterocycles. The molecule has 0 aromatic rings. The van der Waals surface area contributed by atoms with Crippen LogP contribution in [-0.4, -0.2) is 49.7 Å². The second-order valence-corrected chi connectivity index (χ2v) is 4.51. The number of amides is 1. The SMILES string of the molecule is CCCCN(CCC(=O)OC)C(=O)C1CCCO1. The molecule has 0 spiro atoms. The normalized spacial score (nSPS) is 18.7. The Morgan fingerprint density at radius 1 is 1.39 bits per heavy atom. The smallest absolute Gasteiger partial charge is 0.307 e. The van der Waals surface area contributed by atoms with Gasteiger partial charge in [-0.05, 0) is 19.3 Å². The van der Waals surface area contributed by atoms with Crippen LogP contribution in [0.2, 0.25) is 0 Å². The van der Waals surface area contributed by atoms with Gasteiger partial charge in [0.05, 0.1) is 13.5 Å². The first kappa shape index (κ1) is 15.0. The minimum atomic E-state index is -0.306. The van der Waals surface area contributed by atoms with Crippen molar-refractivity contribution in [1.29, 1.82) is 0 Å². The third-order valence-corrected chi connectivity index (χ3v) is 3.11. The van der Waals surface area contributed by atoms with Crippen LogP contribution in [0.5, 0.6) is 0 Å². The zero-order chi connectivity index (χ0) is 13.4. The highest BCUT2D eigenvalue weighted by Crippen LogP contribution is 2.15. The number of esters is 1. The average molecular weight is 257 g/mol. The van der Waals surface area contributed by atoms with Gasteiger partial charge in [0.1, 0.15) is 6.10 Å². The van der Waals surface area contributed by atoms with E-state index < -0.39 is 0 Å². The van der Waals surface area contributed by atoms with Crippen molar-refractivity contribution in [2.75, 3.05) is 26.8 Å². The molecule has 0 aliphatic carbocycles. The Balaban J connectivity index is 2.47. The maximum atomic E-state index is 12.2. The van der Waals surface area contributed by atoms with Gasteiger partial charge in [-0.25, -0.2) is 0 Å². The van der Waals surface area contributed by atoms with Gasteiger partial charge in [-0.1, -0.05) is 13.3 Å². The summed E-state index contributed by atoms with van der Waals surface area (Å²) in [5.74, 6) is -0.263. The number of unbranched alkanes of at least 4 members (excludes halogenated alkanes) is 1. The van der Waals surface area contributed by atoms with Crippen LogP contribution < -0.4 is 0 Å². The Bertz CT molecular complexity index is 274. The van der Waals surface area contributed by atoms with E-state index in [4.69, 9.17) is 4.74 Å². The fourth-order valence-corrected chi connectivity index (χ4v) is 1.99. The van der Waals surface area contributed by atoms with E-state index in [1.165, 1.54) is 7.11 Å². The quantitative estimate of drug-likeness (QED) is 0.646. The van der Waals surface area contributed by atoms with Crippen molar-refractivity contribution in [2.24, 2.45) is 0 Å². The number of hydrogen-bond acceptors (Lipinski definition) is 4. The molecule has 5 nitrogen and oxygen atoms in total. The topological polar surface area (TPSA) is 55.8 Å². The fraction of sp³-hybridized carbons (Fsp3) is 0.846. The summed E-state index contributed by atoms with van der Waals surface area (Å²) < 4.78 is 10.0. The third-order valence-electron chi connectivity index (χ3n) is 3.11. The molecule has 1 atom stereocenters. The van der Waals surface area contributed by atoms with Gasteiger partial charge in [-0.15, -0.1) is 0 Å². The van der Waals surface area contributed by atoms with Crippen LogP contribution in [0.4, 0.5) is 0 Å². The van der Waals surface area contributed by atoms with Gasteiger partial charge in [0.15, 0.2) is 0 Å². The lowest BCUT2D eigenvalue weighted by atomic mass is 10.2. The van der Waals surface area contributed by atoms with Crippen molar-refractivity contribution >= 4 is 11.9 Å². The van der Waals surface area contributed by atoms with Gasteiger partial charge in [0.25, 0.3) is 5.91 Å². The van der Waals surface area contributed by atoms with Gasteiger partial charge >= 0.3 is 5.97 Å². The van der Waals surface area contributed by atoms with Gasteiger partial charge in [-0.3, -0.25) is 9.59 Å². The molecule has 104 valence electrons. The Morgan fingerprint density at radius 3 is 2.72 bits per heavy atom. The van der Waals surface area contributed by atoms with Gasteiger partial charge < -0.3 is 14.4 Å². The van der Waals surface area contributed by atoms with Crippen molar-refractivity contribution < 1.29 is 19.1 Å². The maximum absolute atomic E-state index is 12.2. The molecule has 0 aromatic carbocycles. The molecule has 0 aromatic heterocycles. The van der Waals surface area contributed by atoms with Crippen molar-refractivity contribution in [2.45, 2.75) is 45.1 Å². The molecule has 0 radical (unpaired) electrons. The lowest BCUT2D eigenvalue weighted by molar-refractivity contribution is -0.144. The molecule has 1 unspecified atom stereocenters. The predicted octanol–water partition coefficient (Wildman–Crippen LogP) is 1.36. The summed E-state index contributed by atoms with van der Waals surface area (Å²) in [5.41, 5.74) is 0. The highest BCUT2D eigenvalue weighted by atomic mass is 16.5. The van der Waals surface area contributed by atoms with Crippen molar-refractivity contribution in [3.05, 3.63) is 0 Å². The molecular formula is C13H23NO4. The zero-order valence-electron chi connectivity index (χ0n) is 11.3. The van der Waals surface area contributed by atoms with E-state index in [9.17, 15) is 9.59 Å². The summed E-state index contributed by atoms with van der Waals surface area (Å²) in [6, 6.07) is 0. The van der Waals surface area contributed by atoms with E-state index in [0.717, 1.165) is 25.7 Å². The van der Waals surface area contributed by atoms with E-state index >= 15 is 0 Å². The summed E-state index contributed by atoms with van der Waals surface area (Å²) in [6.07, 6.45) is 3.64. The number of rotatable bonds is 7. The van der Waals surface area contributed by atoms with Gasteiger partial charge in [0.2, 0.25) is 0 Å². The predicted molar refractivity (Wildman–Crippen MR) is 67.1 cm³/mol. The lowest BCUT2D eigenvalue weighted by Gasteiger charge is -2.24. The summed E-state index contributed by atoms with van der Waals surface area (Å²) in [6.45, 7) is 3.85. The lowest BCUT2D eigenvalue weighted by Crippen LogP contribution is -2.40. The van der Waals surface area contributed by atoms with Crippen LogP contribution in [0.15, 0.2) is 0 Å². The number of carbonyl (C=O) groups excluding carboxylic acids is 2. The fourth-order valence-electron chi connectivity index (χ4n) is 1.99. The number of nitrogens with zero attached hydrogens (tertiary/aromatic N) is 1. The van der Waals surface area contributed by atoms with Gasteiger partial charge in [-0.2, -0.15) is 0 Å². The minimum absolute atomic E-state index is 0.0184. The van der Waals surface area contributed by atoms with E-state index in [0.29, 0.717) is 19.7 Å². The molecule has 5 heteroatoms. The molecule has 0 bridgehead atoms. The molecule has 0 saturated carbocycles. The molecule has 0 N–H and O–H groups in total. The highest BCUT2D eigenvalue weighted by Gasteiger charge is 2.28. The number of carbonyl (C=O) groups is 2. The van der Waals surface area contributed by atoms with E-state index in [-0.39, 0.29) is 24.4 Å². The number of methoxy groups -OCH3 is 1. The van der Waals surface area contributed by atoms with Crippen LogP contribution in [0.3, 0.4) is 0 Å². The summed E-state index contributed by atoms with van der Waals surface area (Å²) in [4.78, 5) is 25.1. The van der Waals surface area contributed by atoms with Crippen molar-refractivity contribution in [1.82, 2.24) is 4.90 Å². The molecule has 18 heavy (non-hydrogen) atoms. The average Bonchev–Trinajstić information content (AvgIpc) is 2.91. The molecule has 1 aliphatic rings. The standard InChI is InChI=1S/C13H23NO4/c1-3-4-8-14(9-7-12(15)17-2)13(16)11-6-5-10-18-11/h11H,3-10H2,1-2H3. The van der Waals surface area contributed by atoms with Crippen LogP contribution in [-0.2, 0) is 19.1 Å². The largest absolute Gasteiger partial charge is 0.469 e. The highest BCUT2D eigenvalue weighted by molar-refractivity contribution is 5.81.